The average molecular weight is 368 g/mol. The van der Waals surface area contributed by atoms with Crippen LogP contribution >= 0.6 is 0 Å². The van der Waals surface area contributed by atoms with Crippen LogP contribution in [0.4, 0.5) is 0 Å². The molecule has 8 heteroatoms. The van der Waals surface area contributed by atoms with Crippen LogP contribution in [0.5, 0.6) is 0 Å². The number of nitrogens with zero attached hydrogens (tertiary/aromatic N) is 1. The summed E-state index contributed by atoms with van der Waals surface area (Å²) >= 11 is 0. The first-order valence-corrected chi connectivity index (χ1v) is 10.00. The van der Waals surface area contributed by atoms with Crippen molar-refractivity contribution >= 4 is 21.9 Å². The number of amides is 1. The van der Waals surface area contributed by atoms with Crippen LogP contribution in [0.3, 0.4) is 0 Å². The van der Waals surface area contributed by atoms with Crippen molar-refractivity contribution in [3.05, 3.63) is 35.4 Å². The van der Waals surface area contributed by atoms with Gasteiger partial charge in [-0.3, -0.25) is 9.59 Å². The van der Waals surface area contributed by atoms with E-state index in [0.29, 0.717) is 6.54 Å². The molecule has 0 aromatic heterocycles. The Hall–Kier alpha value is -1.93. The number of hydrogen-bond donors (Lipinski definition) is 1. The highest BCUT2D eigenvalue weighted by Crippen LogP contribution is 2.26. The zero-order chi connectivity index (χ0) is 18.6. The van der Waals surface area contributed by atoms with Gasteiger partial charge < -0.3 is 10.1 Å². The molecule has 1 aliphatic rings. The Morgan fingerprint density at radius 2 is 1.92 bits per heavy atom. The smallest absolute Gasteiger partial charge is 0.325 e. The molecule has 1 aliphatic heterocycles. The third kappa shape index (κ3) is 5.27. The monoisotopic (exact) mass is 368 g/mol. The number of rotatable bonds is 6. The molecule has 0 radical (unpaired) electrons. The van der Waals surface area contributed by atoms with Gasteiger partial charge in [-0.1, -0.05) is 38.1 Å². The summed E-state index contributed by atoms with van der Waals surface area (Å²) in [5.41, 5.74) is 1.78. The fraction of sp³-hybridized carbons (Fsp3) is 0.529. The standard InChI is InChI=1S/C17H24N2O5S/c1-12(2)9-18-16(20)11-24-17(21)15-8-13-6-4-5-7-14(13)10-19(15)25(3,22)23/h4-7,12,15H,8-11H2,1-3H3,(H,18,20)/t15-/m0/s1. The topological polar surface area (TPSA) is 92.8 Å². The summed E-state index contributed by atoms with van der Waals surface area (Å²) in [7, 11) is -3.59. The molecule has 0 bridgehead atoms. The van der Waals surface area contributed by atoms with E-state index in [1.54, 1.807) is 0 Å². The second kappa shape index (κ2) is 7.97. The van der Waals surface area contributed by atoms with E-state index < -0.39 is 34.5 Å². The molecule has 2 rings (SSSR count). The number of benzene rings is 1. The van der Waals surface area contributed by atoms with Gasteiger partial charge in [0.15, 0.2) is 6.61 Å². The summed E-state index contributed by atoms with van der Waals surface area (Å²) in [6.45, 7) is 4.10. The minimum absolute atomic E-state index is 0.119. The quantitative estimate of drug-likeness (QED) is 0.746. The van der Waals surface area contributed by atoms with E-state index in [4.69, 9.17) is 4.74 Å². The summed E-state index contributed by atoms with van der Waals surface area (Å²) < 4.78 is 30.3. The molecule has 0 spiro atoms. The first-order valence-electron chi connectivity index (χ1n) is 8.15. The Kier molecular flexibility index (Phi) is 6.18. The van der Waals surface area contributed by atoms with Crippen molar-refractivity contribution in [2.24, 2.45) is 5.92 Å². The molecule has 138 valence electrons. The molecule has 0 saturated heterocycles. The highest BCUT2D eigenvalue weighted by atomic mass is 32.2. The van der Waals surface area contributed by atoms with Crippen LogP contribution in [0.25, 0.3) is 0 Å². The second-order valence-electron chi connectivity index (χ2n) is 6.60. The number of hydrogen-bond acceptors (Lipinski definition) is 5. The predicted molar refractivity (Wildman–Crippen MR) is 93.1 cm³/mol. The van der Waals surface area contributed by atoms with Gasteiger partial charge in [0, 0.05) is 19.5 Å². The SMILES string of the molecule is CC(C)CNC(=O)COC(=O)[C@@H]1Cc2ccccc2CN1S(C)(=O)=O. The van der Waals surface area contributed by atoms with Gasteiger partial charge in [0.1, 0.15) is 6.04 Å². The van der Waals surface area contributed by atoms with E-state index in [1.165, 1.54) is 0 Å². The Morgan fingerprint density at radius 1 is 1.28 bits per heavy atom. The molecule has 7 nitrogen and oxygen atoms in total. The highest BCUT2D eigenvalue weighted by Gasteiger charge is 2.37. The summed E-state index contributed by atoms with van der Waals surface area (Å²) in [5.74, 6) is -0.820. The molecular weight excluding hydrogens is 344 g/mol. The molecular formula is C17H24N2O5S. The van der Waals surface area contributed by atoms with Crippen LogP contribution in [-0.2, 0) is 37.3 Å². The summed E-state index contributed by atoms with van der Waals surface area (Å²) in [5, 5.41) is 2.65. The van der Waals surface area contributed by atoms with Crippen LogP contribution in [0.1, 0.15) is 25.0 Å². The molecule has 1 aromatic carbocycles. The van der Waals surface area contributed by atoms with Crippen molar-refractivity contribution < 1.29 is 22.7 Å². The molecule has 0 fully saturated rings. The van der Waals surface area contributed by atoms with E-state index in [-0.39, 0.29) is 18.9 Å². The Bertz CT molecular complexity index is 745. The molecule has 1 N–H and O–H groups in total. The normalized spacial score (nSPS) is 17.8. The average Bonchev–Trinajstić information content (AvgIpc) is 2.55. The van der Waals surface area contributed by atoms with Gasteiger partial charge in [-0.25, -0.2) is 8.42 Å². The van der Waals surface area contributed by atoms with E-state index >= 15 is 0 Å². The van der Waals surface area contributed by atoms with Crippen LogP contribution in [-0.4, -0.2) is 50.0 Å². The maximum Gasteiger partial charge on any atom is 0.325 e. The lowest BCUT2D eigenvalue weighted by Gasteiger charge is -2.33. The number of nitrogens with one attached hydrogen (secondary N) is 1. The Balaban J connectivity index is 2.07. The summed E-state index contributed by atoms with van der Waals surface area (Å²) in [4.78, 5) is 24.1. The van der Waals surface area contributed by atoms with Gasteiger partial charge in [-0.05, 0) is 17.0 Å². The van der Waals surface area contributed by atoms with Gasteiger partial charge in [-0.2, -0.15) is 4.31 Å². The van der Waals surface area contributed by atoms with E-state index in [0.717, 1.165) is 21.7 Å². The number of fused-ring (bicyclic) bond motifs is 1. The third-order valence-electron chi connectivity index (χ3n) is 3.96. The summed E-state index contributed by atoms with van der Waals surface area (Å²) in [6.07, 6.45) is 1.30. The molecule has 0 unspecified atom stereocenters. The summed E-state index contributed by atoms with van der Waals surface area (Å²) in [6, 6.07) is 6.43. The largest absolute Gasteiger partial charge is 0.454 e. The van der Waals surface area contributed by atoms with Gasteiger partial charge in [0.25, 0.3) is 5.91 Å². The van der Waals surface area contributed by atoms with Crippen LogP contribution in [0, 0.1) is 5.92 Å². The highest BCUT2D eigenvalue weighted by molar-refractivity contribution is 7.88. The fourth-order valence-electron chi connectivity index (χ4n) is 2.65. The Labute approximate surface area is 148 Å². The van der Waals surface area contributed by atoms with Gasteiger partial charge in [0.05, 0.1) is 6.26 Å². The first-order chi connectivity index (χ1) is 11.7. The van der Waals surface area contributed by atoms with Crippen LogP contribution in [0.2, 0.25) is 0 Å². The number of esters is 1. The number of carbonyl (C=O) groups excluding carboxylic acids is 2. The lowest BCUT2D eigenvalue weighted by atomic mass is 9.96. The van der Waals surface area contributed by atoms with Gasteiger partial charge >= 0.3 is 5.97 Å². The van der Waals surface area contributed by atoms with E-state index in [1.807, 2.05) is 38.1 Å². The minimum Gasteiger partial charge on any atom is -0.454 e. The van der Waals surface area contributed by atoms with Crippen LogP contribution in [0.15, 0.2) is 24.3 Å². The van der Waals surface area contributed by atoms with Crippen molar-refractivity contribution in [3.8, 4) is 0 Å². The lowest BCUT2D eigenvalue weighted by Crippen LogP contribution is -2.49. The molecule has 1 heterocycles. The van der Waals surface area contributed by atoms with Crippen molar-refractivity contribution in [2.75, 3.05) is 19.4 Å². The van der Waals surface area contributed by atoms with Crippen molar-refractivity contribution in [2.45, 2.75) is 32.9 Å². The molecule has 1 aromatic rings. The molecule has 25 heavy (non-hydrogen) atoms. The third-order valence-corrected chi connectivity index (χ3v) is 5.19. The number of sulfonamides is 1. The Morgan fingerprint density at radius 3 is 2.52 bits per heavy atom. The van der Waals surface area contributed by atoms with Gasteiger partial charge in [-0.15, -0.1) is 0 Å². The predicted octanol–water partition coefficient (Wildman–Crippen LogP) is 0.688. The number of ether oxygens (including phenoxy) is 1. The van der Waals surface area contributed by atoms with E-state index in [9.17, 15) is 18.0 Å². The number of carbonyl (C=O) groups is 2. The van der Waals surface area contributed by atoms with Crippen LogP contribution < -0.4 is 5.32 Å². The molecule has 1 atom stereocenters. The molecule has 0 aliphatic carbocycles. The minimum atomic E-state index is -3.59. The lowest BCUT2D eigenvalue weighted by molar-refractivity contribution is -0.152. The zero-order valence-corrected chi connectivity index (χ0v) is 15.5. The van der Waals surface area contributed by atoms with Gasteiger partial charge in [0.2, 0.25) is 10.0 Å². The van der Waals surface area contributed by atoms with Crippen molar-refractivity contribution in [1.29, 1.82) is 0 Å². The first kappa shape index (κ1) is 19.4. The molecule has 0 saturated carbocycles. The van der Waals surface area contributed by atoms with Crippen molar-refractivity contribution in [1.82, 2.24) is 9.62 Å². The second-order valence-corrected chi connectivity index (χ2v) is 8.54. The maximum atomic E-state index is 12.4. The fourth-order valence-corrected chi connectivity index (χ4v) is 3.65. The van der Waals surface area contributed by atoms with Crippen molar-refractivity contribution in [3.63, 3.8) is 0 Å². The van der Waals surface area contributed by atoms with E-state index in [2.05, 4.69) is 5.32 Å². The maximum absolute atomic E-state index is 12.4. The zero-order valence-electron chi connectivity index (χ0n) is 14.7. The molecule has 1 amide bonds.